The van der Waals surface area contributed by atoms with Crippen molar-refractivity contribution in [2.45, 2.75) is 132 Å². The lowest BCUT2D eigenvalue weighted by Crippen LogP contribution is -2.76. The molecule has 330 valence electrons. The Labute approximate surface area is 359 Å². The van der Waals surface area contributed by atoms with Crippen molar-refractivity contribution >= 4 is 42.4 Å². The molecule has 3 saturated heterocycles. The highest BCUT2D eigenvalue weighted by Gasteiger charge is 3.01. The number of aliphatic hydroxyl groups is 2. The summed E-state index contributed by atoms with van der Waals surface area (Å²) in [6.45, 7) is 11.6. The topological polar surface area (TPSA) is 220 Å². The number of carbonyl (C=O) groups excluding carboxylic acids is 6. The Balaban J connectivity index is 1.34. The lowest BCUT2D eigenvalue weighted by molar-refractivity contribution is -0.243. The van der Waals surface area contributed by atoms with Gasteiger partial charge in [0.05, 0.1) is 34.9 Å². The Morgan fingerprint density at radius 3 is 2.16 bits per heavy atom. The molecule has 1 amide bonds. The molecule has 3 heterocycles. The van der Waals surface area contributed by atoms with Crippen LogP contribution in [0.25, 0.3) is 0 Å². The van der Waals surface area contributed by atoms with Crippen molar-refractivity contribution in [3.8, 4) is 0 Å². The first-order valence-electron chi connectivity index (χ1n) is 20.7. The van der Waals surface area contributed by atoms with Crippen LogP contribution in [0, 0.1) is 10.8 Å². The van der Waals surface area contributed by atoms with Crippen LogP contribution in [-0.4, -0.2) is 120 Å². The van der Waals surface area contributed by atoms with Gasteiger partial charge >= 0.3 is 24.2 Å². The second-order valence-electron chi connectivity index (χ2n) is 19.1. The average Bonchev–Trinajstić information content (AvgIpc) is 3.76. The number of methoxy groups -OCH3 is 1. The van der Waals surface area contributed by atoms with E-state index in [0.29, 0.717) is 5.56 Å². The smallest absolute Gasteiger partial charge is 0.454 e. The molecule has 8 rings (SSSR count). The second-order valence-corrected chi connectivity index (χ2v) is 19.1. The van der Waals surface area contributed by atoms with Crippen molar-refractivity contribution < 1.29 is 72.1 Å². The Bertz CT molecular complexity index is 2260. The molecule has 3 spiro atoms. The van der Waals surface area contributed by atoms with Gasteiger partial charge in [0.15, 0.2) is 24.1 Å². The molecule has 12 atom stereocenters. The highest BCUT2D eigenvalue weighted by molar-refractivity contribution is 7.04. The average molecular weight is 858 g/mol. The molecular formula is C45H52BNO15. The first-order chi connectivity index (χ1) is 29.1. The van der Waals surface area contributed by atoms with Crippen LogP contribution in [-0.2, 0) is 47.5 Å². The number of nitrogens with one attached hydrogen (secondary N) is 1. The third kappa shape index (κ3) is 5.66. The van der Waals surface area contributed by atoms with E-state index < -0.39 is 118 Å². The minimum absolute atomic E-state index is 0.0320. The molecule has 3 aliphatic carbocycles. The van der Waals surface area contributed by atoms with Gasteiger partial charge in [-0.05, 0) is 70.4 Å². The van der Waals surface area contributed by atoms with Crippen LogP contribution in [0.3, 0.4) is 0 Å². The number of ketones is 1. The molecule has 62 heavy (non-hydrogen) atoms. The fourth-order valence-corrected chi connectivity index (χ4v) is 12.3. The zero-order valence-electron chi connectivity index (χ0n) is 36.1. The van der Waals surface area contributed by atoms with Crippen LogP contribution < -0.4 is 5.32 Å². The summed E-state index contributed by atoms with van der Waals surface area (Å²) < 4.78 is 43.0. The minimum Gasteiger partial charge on any atom is -0.454 e. The van der Waals surface area contributed by atoms with Crippen molar-refractivity contribution in [2.75, 3.05) is 13.7 Å². The molecule has 0 unspecified atom stereocenters. The molecule has 3 aliphatic heterocycles. The van der Waals surface area contributed by atoms with Crippen LogP contribution in [0.1, 0.15) is 83.8 Å². The van der Waals surface area contributed by atoms with Gasteiger partial charge in [-0.3, -0.25) is 4.79 Å². The SMILES string of the molecule is CO[C@H]1C(=O)[C@]2(C)[C@@H](O)C[C@H]3OC[C@]34B(C(C)=O)[C@@]42[C@H](OC(=O)c2ccccc2)[C@]23OC(=O)O[C@H]2[C@H](OC(=O)[C@H](O)[C@@H](NC(=O)OC(C)(C)C)c2ccccc2)C(C)=C1C3(C)C. The van der Waals surface area contributed by atoms with Gasteiger partial charge in [-0.2, -0.15) is 0 Å². The lowest BCUT2D eigenvalue weighted by atomic mass is 9.40. The molecule has 0 aromatic heterocycles. The van der Waals surface area contributed by atoms with Gasteiger partial charge in [0.25, 0.3) is 0 Å². The number of fused-ring (bicyclic) bond motifs is 1. The van der Waals surface area contributed by atoms with E-state index >= 15 is 4.79 Å². The first kappa shape index (κ1) is 43.5. The van der Waals surface area contributed by atoms with Gasteiger partial charge in [-0.15, -0.1) is 0 Å². The number of hydrogen-bond donors (Lipinski definition) is 3. The Kier molecular flexibility index (Phi) is 10.2. The van der Waals surface area contributed by atoms with Crippen molar-refractivity contribution in [1.82, 2.24) is 5.32 Å². The molecule has 2 aromatic carbocycles. The van der Waals surface area contributed by atoms with E-state index in [1.54, 1.807) is 90.1 Å². The van der Waals surface area contributed by atoms with E-state index in [0.717, 1.165) is 0 Å². The molecule has 16 nitrogen and oxygen atoms in total. The monoisotopic (exact) mass is 857 g/mol. The number of carbonyl (C=O) groups is 6. The normalized spacial score (nSPS) is 36.0. The summed E-state index contributed by atoms with van der Waals surface area (Å²) in [7, 11) is 1.30. The molecule has 5 fully saturated rings. The van der Waals surface area contributed by atoms with Crippen molar-refractivity contribution in [2.24, 2.45) is 10.8 Å². The number of alkyl carbamates (subject to hydrolysis) is 1. The van der Waals surface area contributed by atoms with Crippen LogP contribution in [0.5, 0.6) is 0 Å². The van der Waals surface area contributed by atoms with Crippen molar-refractivity contribution in [3.63, 3.8) is 0 Å². The number of amides is 1. The maximum absolute atomic E-state index is 15.7. The van der Waals surface area contributed by atoms with E-state index in [1.165, 1.54) is 33.1 Å². The number of Topliss-reactive ketones (excluding diaryl/α,β-unsaturated/α-hetero) is 1. The van der Waals surface area contributed by atoms with Gasteiger partial charge in [0.2, 0.25) is 12.3 Å². The fourth-order valence-electron chi connectivity index (χ4n) is 12.3. The molecule has 17 heteroatoms. The van der Waals surface area contributed by atoms with Crippen LogP contribution in [0.15, 0.2) is 71.8 Å². The summed E-state index contributed by atoms with van der Waals surface area (Å²) in [6.07, 6.45) is -13.1. The third-order valence-electron chi connectivity index (χ3n) is 14.7. The highest BCUT2D eigenvalue weighted by atomic mass is 16.8. The van der Waals surface area contributed by atoms with Gasteiger partial charge in [0.1, 0.15) is 17.8 Å². The van der Waals surface area contributed by atoms with E-state index in [-0.39, 0.29) is 35.4 Å². The van der Waals surface area contributed by atoms with Gasteiger partial charge in [-0.25, -0.2) is 19.2 Å². The quantitative estimate of drug-likeness (QED) is 0.139. The number of esters is 2. The second kappa shape index (κ2) is 14.5. The molecule has 3 N–H and O–H groups in total. The zero-order valence-corrected chi connectivity index (χ0v) is 36.1. The predicted octanol–water partition coefficient (Wildman–Crippen LogP) is 4.27. The van der Waals surface area contributed by atoms with Crippen molar-refractivity contribution in [3.05, 3.63) is 82.9 Å². The standard InChI is InChI=1S/C45H52BNO15/c1-22-28-32(56-9)33(51)42(8)26(49)20-27-43(21-57-27)45(42,46(43)23(2)48)37(60-35(52)25-18-14-11-15-19-25)44(41(28,6)7)34(59-39(55)62-44)31(22)58-36(53)30(50)29(24-16-12-10-13-17-24)47-38(54)61-40(3,4)5/h10-19,26-27,29-32,34,37,49-50H,20-21H2,1-9H3,(H,47,54)/t26-,27+,29-,30+,31+,32+,34-,37+,42-,43-,44+,45+/m0/s1. The van der Waals surface area contributed by atoms with Gasteiger partial charge in [-0.1, -0.05) is 62.4 Å². The van der Waals surface area contributed by atoms with E-state index in [4.69, 9.17) is 33.2 Å². The lowest BCUT2D eigenvalue weighted by Gasteiger charge is -2.65. The number of benzene rings is 2. The Hall–Kier alpha value is -5.10. The minimum atomic E-state index is -2.22. The third-order valence-corrected chi connectivity index (χ3v) is 14.7. The van der Waals surface area contributed by atoms with E-state index in [2.05, 4.69) is 5.32 Å². The van der Waals surface area contributed by atoms with E-state index in [1.807, 2.05) is 0 Å². The van der Waals surface area contributed by atoms with Crippen molar-refractivity contribution in [1.29, 1.82) is 0 Å². The summed E-state index contributed by atoms with van der Waals surface area (Å²) in [5.74, 6) is -2.82. The molecule has 6 aliphatic rings. The zero-order chi connectivity index (χ0) is 45.1. The molecule has 2 saturated carbocycles. The summed E-state index contributed by atoms with van der Waals surface area (Å²) in [4.78, 5) is 86.1. The maximum Gasteiger partial charge on any atom is 0.509 e. The largest absolute Gasteiger partial charge is 0.509 e. The first-order valence-corrected chi connectivity index (χ1v) is 20.7. The number of aliphatic hydroxyl groups excluding tert-OH is 2. The number of rotatable bonds is 9. The summed E-state index contributed by atoms with van der Waals surface area (Å²) in [5, 5.41) is 23.7. The highest BCUT2D eigenvalue weighted by Crippen LogP contribution is 2.93. The van der Waals surface area contributed by atoms with Crippen LogP contribution in [0.4, 0.5) is 9.59 Å². The molecule has 0 radical (unpaired) electrons. The van der Waals surface area contributed by atoms with E-state index in [9.17, 15) is 34.2 Å². The fraction of sp³-hybridized carbons (Fsp3) is 0.556. The van der Waals surface area contributed by atoms with Gasteiger partial charge in [0, 0.05) is 36.2 Å². The number of ether oxygens (including phenoxy) is 7. The maximum atomic E-state index is 15.7. The summed E-state index contributed by atoms with van der Waals surface area (Å²) in [5.41, 5.74) is -6.26. The predicted molar refractivity (Wildman–Crippen MR) is 217 cm³/mol. The Morgan fingerprint density at radius 1 is 0.968 bits per heavy atom. The molecule has 2 aromatic rings. The summed E-state index contributed by atoms with van der Waals surface area (Å²) >= 11 is 0. The summed E-state index contributed by atoms with van der Waals surface area (Å²) in [6, 6.07) is 14.7. The van der Waals surface area contributed by atoms with Gasteiger partial charge < -0.3 is 53.5 Å². The Morgan fingerprint density at radius 2 is 1.60 bits per heavy atom. The van der Waals surface area contributed by atoms with Crippen LogP contribution >= 0.6 is 0 Å². The van der Waals surface area contributed by atoms with Crippen LogP contribution in [0.2, 0.25) is 10.6 Å². The molecular weight excluding hydrogens is 805 g/mol. The molecule has 2 bridgehead atoms. The number of hydrogen-bond acceptors (Lipinski definition) is 15.